The lowest BCUT2D eigenvalue weighted by molar-refractivity contribution is 0.191. The molecule has 1 aliphatic heterocycles. The molecule has 0 aliphatic carbocycles. The number of hydrogen-bond donors (Lipinski definition) is 2. The van der Waals surface area contributed by atoms with Crippen molar-refractivity contribution in [3.63, 3.8) is 0 Å². The minimum Gasteiger partial charge on any atom is -0.392 e. The summed E-state index contributed by atoms with van der Waals surface area (Å²) in [7, 11) is 0. The van der Waals surface area contributed by atoms with Gasteiger partial charge in [0, 0.05) is 24.5 Å². The van der Waals surface area contributed by atoms with Gasteiger partial charge in [0.25, 0.3) is 0 Å². The fraction of sp³-hybridized carbons (Fsp3) is 0.286. The Morgan fingerprint density at radius 3 is 2.86 bits per heavy atom. The van der Waals surface area contributed by atoms with E-state index in [1.54, 1.807) is 12.4 Å². The summed E-state index contributed by atoms with van der Waals surface area (Å²) >= 11 is 0. The van der Waals surface area contributed by atoms with Crippen LogP contribution in [0.5, 0.6) is 0 Å². The predicted octanol–water partition coefficient (Wildman–Crippen LogP) is 1.08. The number of rotatable bonds is 2. The number of benzene rings is 1. The van der Waals surface area contributed by atoms with E-state index in [9.17, 15) is 5.11 Å². The molecule has 4 rings (SSSR count). The summed E-state index contributed by atoms with van der Waals surface area (Å²) in [5.74, 6) is 1.02. The molecule has 1 fully saturated rings. The molecule has 7 nitrogen and oxygen atoms in total. The summed E-state index contributed by atoms with van der Waals surface area (Å²) < 4.78 is 5.29. The normalized spacial score (nSPS) is 22.0. The smallest absolute Gasteiger partial charge is 0.244 e. The summed E-state index contributed by atoms with van der Waals surface area (Å²) in [6.07, 6.45) is 3.54. The Bertz CT molecular complexity index is 788. The van der Waals surface area contributed by atoms with Crippen LogP contribution in [0.3, 0.4) is 0 Å². The van der Waals surface area contributed by atoms with Crippen LogP contribution in [0, 0.1) is 0 Å². The van der Waals surface area contributed by atoms with Crippen molar-refractivity contribution in [1.82, 2.24) is 25.4 Å². The molecule has 0 saturated carbocycles. The van der Waals surface area contributed by atoms with E-state index in [4.69, 9.17) is 4.52 Å². The SMILES string of the molecule is O[C@@H]1CN[C@@H](c2nc(-c3ccc4nccnc4c3)no2)C1. The van der Waals surface area contributed by atoms with Gasteiger partial charge in [-0.25, -0.2) is 0 Å². The van der Waals surface area contributed by atoms with Crippen molar-refractivity contribution in [2.45, 2.75) is 18.6 Å². The van der Waals surface area contributed by atoms with E-state index in [2.05, 4.69) is 25.4 Å². The highest BCUT2D eigenvalue weighted by Crippen LogP contribution is 2.25. The molecule has 0 amide bonds. The van der Waals surface area contributed by atoms with Gasteiger partial charge in [-0.2, -0.15) is 4.98 Å². The van der Waals surface area contributed by atoms with Crippen LogP contribution in [0.15, 0.2) is 35.1 Å². The second-order valence-corrected chi connectivity index (χ2v) is 5.07. The van der Waals surface area contributed by atoms with Gasteiger partial charge in [0.15, 0.2) is 0 Å². The van der Waals surface area contributed by atoms with Crippen LogP contribution in [-0.2, 0) is 0 Å². The van der Waals surface area contributed by atoms with Crippen molar-refractivity contribution >= 4 is 11.0 Å². The zero-order valence-electron chi connectivity index (χ0n) is 11.1. The summed E-state index contributed by atoms with van der Waals surface area (Å²) in [5.41, 5.74) is 2.44. The Labute approximate surface area is 120 Å². The fourth-order valence-electron chi connectivity index (χ4n) is 2.50. The van der Waals surface area contributed by atoms with Crippen molar-refractivity contribution in [2.24, 2.45) is 0 Å². The van der Waals surface area contributed by atoms with Gasteiger partial charge in [0.2, 0.25) is 11.7 Å². The molecule has 0 spiro atoms. The molecule has 0 unspecified atom stereocenters. The molecule has 1 aromatic carbocycles. The summed E-state index contributed by atoms with van der Waals surface area (Å²) in [6.45, 7) is 0.550. The molecule has 3 aromatic rings. The molecule has 1 saturated heterocycles. The Morgan fingerprint density at radius 2 is 2.05 bits per heavy atom. The lowest BCUT2D eigenvalue weighted by Gasteiger charge is -2.01. The summed E-state index contributed by atoms with van der Waals surface area (Å²) in [4.78, 5) is 12.9. The second kappa shape index (κ2) is 4.87. The number of hydrogen-bond acceptors (Lipinski definition) is 7. The van der Waals surface area contributed by atoms with Crippen LogP contribution < -0.4 is 5.32 Å². The van der Waals surface area contributed by atoms with E-state index in [1.807, 2.05) is 18.2 Å². The third kappa shape index (κ3) is 2.26. The molecule has 0 bridgehead atoms. The lowest BCUT2D eigenvalue weighted by atomic mass is 10.2. The van der Waals surface area contributed by atoms with Crippen LogP contribution in [-0.4, -0.2) is 37.9 Å². The maximum absolute atomic E-state index is 9.54. The van der Waals surface area contributed by atoms with E-state index < -0.39 is 0 Å². The van der Waals surface area contributed by atoms with Crippen molar-refractivity contribution in [2.75, 3.05) is 6.54 Å². The van der Waals surface area contributed by atoms with Crippen LogP contribution in [0.4, 0.5) is 0 Å². The Morgan fingerprint density at radius 1 is 1.19 bits per heavy atom. The van der Waals surface area contributed by atoms with Crippen molar-refractivity contribution in [1.29, 1.82) is 0 Å². The monoisotopic (exact) mass is 283 g/mol. The van der Waals surface area contributed by atoms with E-state index in [0.29, 0.717) is 24.7 Å². The molecule has 2 atom stereocenters. The van der Waals surface area contributed by atoms with Gasteiger partial charge in [-0.1, -0.05) is 5.16 Å². The highest BCUT2D eigenvalue weighted by Gasteiger charge is 2.28. The van der Waals surface area contributed by atoms with Gasteiger partial charge in [0.05, 0.1) is 23.2 Å². The summed E-state index contributed by atoms with van der Waals surface area (Å²) in [5, 5.41) is 16.7. The number of nitrogens with one attached hydrogen (secondary N) is 1. The molecular formula is C14H13N5O2. The average molecular weight is 283 g/mol. The predicted molar refractivity (Wildman–Crippen MR) is 74.2 cm³/mol. The van der Waals surface area contributed by atoms with Crippen molar-refractivity contribution < 1.29 is 9.63 Å². The first-order valence-electron chi connectivity index (χ1n) is 6.76. The number of fused-ring (bicyclic) bond motifs is 1. The van der Waals surface area contributed by atoms with E-state index in [-0.39, 0.29) is 12.1 Å². The topological polar surface area (TPSA) is 97.0 Å². The number of β-amino-alcohol motifs (C(OH)–C–C–N with tert-alkyl or cyclic N) is 1. The number of aliphatic hydroxyl groups excluding tert-OH is 1. The minimum atomic E-state index is -0.360. The fourth-order valence-corrected chi connectivity index (χ4v) is 2.50. The molecule has 3 heterocycles. The number of nitrogens with zero attached hydrogens (tertiary/aromatic N) is 4. The zero-order valence-corrected chi connectivity index (χ0v) is 11.1. The quantitative estimate of drug-likeness (QED) is 0.726. The molecule has 21 heavy (non-hydrogen) atoms. The van der Waals surface area contributed by atoms with Gasteiger partial charge >= 0.3 is 0 Å². The molecule has 0 radical (unpaired) electrons. The molecule has 1 aliphatic rings. The zero-order chi connectivity index (χ0) is 14.2. The maximum Gasteiger partial charge on any atom is 0.244 e. The van der Waals surface area contributed by atoms with Gasteiger partial charge in [-0.15, -0.1) is 0 Å². The van der Waals surface area contributed by atoms with Crippen LogP contribution in [0.25, 0.3) is 22.4 Å². The van der Waals surface area contributed by atoms with E-state index in [1.165, 1.54) is 0 Å². The Kier molecular flexibility index (Phi) is 2.87. The third-order valence-corrected chi connectivity index (χ3v) is 3.58. The first-order valence-corrected chi connectivity index (χ1v) is 6.76. The van der Waals surface area contributed by atoms with Crippen LogP contribution in [0.2, 0.25) is 0 Å². The Balaban J connectivity index is 1.67. The van der Waals surface area contributed by atoms with Gasteiger partial charge in [-0.3, -0.25) is 9.97 Å². The van der Waals surface area contributed by atoms with Gasteiger partial charge in [0.1, 0.15) is 0 Å². The van der Waals surface area contributed by atoms with Crippen LogP contribution in [0.1, 0.15) is 18.4 Å². The molecular weight excluding hydrogens is 270 g/mol. The maximum atomic E-state index is 9.54. The highest BCUT2D eigenvalue weighted by atomic mass is 16.5. The number of aliphatic hydroxyl groups is 1. The van der Waals surface area contributed by atoms with Crippen LogP contribution >= 0.6 is 0 Å². The number of aromatic nitrogens is 4. The molecule has 2 aromatic heterocycles. The summed E-state index contributed by atoms with van der Waals surface area (Å²) in [6, 6.07) is 5.57. The van der Waals surface area contributed by atoms with Gasteiger partial charge < -0.3 is 14.9 Å². The standard InChI is InChI=1S/C14H13N5O2/c20-9-6-12(17-7-9)14-18-13(19-21-14)8-1-2-10-11(5-8)16-4-3-15-10/h1-5,9,12,17,20H,6-7H2/t9-,12+/m0/s1. The Hall–Kier alpha value is -2.38. The minimum absolute atomic E-state index is 0.0819. The first-order chi connectivity index (χ1) is 10.3. The average Bonchev–Trinajstić information content (AvgIpc) is 3.15. The van der Waals surface area contributed by atoms with Crippen molar-refractivity contribution in [3.05, 3.63) is 36.5 Å². The van der Waals surface area contributed by atoms with Crippen molar-refractivity contribution in [3.8, 4) is 11.4 Å². The first kappa shape index (κ1) is 12.4. The second-order valence-electron chi connectivity index (χ2n) is 5.07. The lowest BCUT2D eigenvalue weighted by Crippen LogP contribution is -2.15. The molecule has 106 valence electrons. The molecule has 7 heteroatoms. The molecule has 2 N–H and O–H groups in total. The highest BCUT2D eigenvalue weighted by molar-refractivity contribution is 5.79. The van der Waals surface area contributed by atoms with Gasteiger partial charge in [-0.05, 0) is 24.6 Å². The van der Waals surface area contributed by atoms with E-state index in [0.717, 1.165) is 16.6 Å². The van der Waals surface area contributed by atoms with E-state index >= 15 is 0 Å². The third-order valence-electron chi connectivity index (χ3n) is 3.58. The largest absolute Gasteiger partial charge is 0.392 e.